The highest BCUT2D eigenvalue weighted by Crippen LogP contribution is 2.70. The van der Waals surface area contributed by atoms with E-state index in [1.807, 2.05) is 0 Å². The van der Waals surface area contributed by atoms with Gasteiger partial charge in [0.1, 0.15) is 0 Å². The molecule has 0 amide bonds. The molecule has 5 aromatic rings. The molecule has 7 aliphatic rings. The Hall–Kier alpha value is -3.75. The van der Waals surface area contributed by atoms with Crippen molar-refractivity contribution in [2.75, 3.05) is 4.90 Å². The van der Waals surface area contributed by atoms with Crippen LogP contribution in [0.2, 0.25) is 0 Å². The van der Waals surface area contributed by atoms with E-state index >= 15 is 0 Å². The van der Waals surface area contributed by atoms with Gasteiger partial charge in [-0.3, -0.25) is 0 Å². The molecule has 4 bridgehead atoms. The van der Waals surface area contributed by atoms with Gasteiger partial charge in [-0.15, -0.1) is 0 Å². The number of hydrogen-bond acceptors (Lipinski definition) is 2. The van der Waals surface area contributed by atoms with E-state index in [1.165, 1.54) is 118 Å². The zero-order chi connectivity index (χ0) is 40.0. The molecule has 0 N–H and O–H groups in total. The predicted molar refractivity (Wildman–Crippen MR) is 246 cm³/mol. The Morgan fingerprint density at radius 2 is 0.966 bits per heavy atom. The second kappa shape index (κ2) is 12.6. The van der Waals surface area contributed by atoms with Crippen LogP contribution in [0.3, 0.4) is 0 Å². The number of nitrogens with zero attached hydrogens (tertiary/aromatic N) is 1. The maximum Gasteiger partial charge on any atom is 0.0604 e. The lowest BCUT2D eigenvalue weighted by Crippen LogP contribution is -2.57. The van der Waals surface area contributed by atoms with Crippen LogP contribution in [0.4, 0.5) is 17.1 Å². The summed E-state index contributed by atoms with van der Waals surface area (Å²) in [7, 11) is 0. The van der Waals surface area contributed by atoms with Crippen molar-refractivity contribution >= 4 is 28.8 Å². The zero-order valence-corrected chi connectivity index (χ0v) is 37.2. The van der Waals surface area contributed by atoms with Crippen LogP contribution in [0.5, 0.6) is 0 Å². The lowest BCUT2D eigenvalue weighted by Gasteiger charge is -2.63. The monoisotopic (exact) mass is 781 g/mol. The quantitative estimate of drug-likeness (QED) is 0.179. The first-order valence-corrected chi connectivity index (χ1v) is 23.6. The van der Waals surface area contributed by atoms with Crippen molar-refractivity contribution < 1.29 is 0 Å². The van der Waals surface area contributed by atoms with Gasteiger partial charge in [0.05, 0.1) is 5.69 Å². The third-order valence-corrected chi connectivity index (χ3v) is 18.2. The van der Waals surface area contributed by atoms with Gasteiger partial charge in [0, 0.05) is 26.6 Å². The summed E-state index contributed by atoms with van der Waals surface area (Å²) in [5.74, 6) is 3.21. The minimum Gasteiger partial charge on any atom is -0.309 e. The van der Waals surface area contributed by atoms with Crippen molar-refractivity contribution in [2.45, 2.75) is 150 Å². The van der Waals surface area contributed by atoms with Crippen molar-refractivity contribution in [1.82, 2.24) is 0 Å². The molecule has 2 heteroatoms. The van der Waals surface area contributed by atoms with Gasteiger partial charge in [-0.05, 0) is 184 Å². The van der Waals surface area contributed by atoms with Crippen LogP contribution in [-0.2, 0) is 27.1 Å². The molecule has 1 aliphatic heterocycles. The molecule has 1 heterocycles. The van der Waals surface area contributed by atoms with E-state index < -0.39 is 0 Å². The number of rotatable bonds is 4. The molecule has 4 fully saturated rings. The minimum absolute atomic E-state index is 0.0595. The normalized spacial score (nSPS) is 28.6. The summed E-state index contributed by atoms with van der Waals surface area (Å²) in [4.78, 5) is 5.68. The predicted octanol–water partition coefficient (Wildman–Crippen LogP) is 15.7. The number of fused-ring (bicyclic) bond motifs is 4. The first kappa shape index (κ1) is 37.3. The van der Waals surface area contributed by atoms with Gasteiger partial charge >= 0.3 is 0 Å². The van der Waals surface area contributed by atoms with Crippen molar-refractivity contribution in [3.63, 3.8) is 0 Å². The van der Waals surface area contributed by atoms with Crippen molar-refractivity contribution in [2.24, 2.45) is 23.7 Å². The molecule has 6 aliphatic carbocycles. The van der Waals surface area contributed by atoms with Gasteiger partial charge in [0.25, 0.3) is 0 Å². The molecule has 0 radical (unpaired) electrons. The average molecular weight is 782 g/mol. The fourth-order valence-electron chi connectivity index (χ4n) is 13.8. The Labute approximate surface area is 353 Å². The van der Waals surface area contributed by atoms with Gasteiger partial charge in [-0.1, -0.05) is 134 Å². The Morgan fingerprint density at radius 1 is 0.448 bits per heavy atom. The third kappa shape index (κ3) is 5.41. The van der Waals surface area contributed by atoms with Crippen LogP contribution < -0.4 is 4.90 Å². The third-order valence-electron chi connectivity index (χ3n) is 17.0. The van der Waals surface area contributed by atoms with E-state index in [-0.39, 0.29) is 27.1 Å². The molecular formula is C56H63NS. The lowest BCUT2D eigenvalue weighted by molar-refractivity contribution is -0.0443. The molecule has 0 aromatic heterocycles. The summed E-state index contributed by atoms with van der Waals surface area (Å²) in [5, 5.41) is 0. The molecule has 0 atom stereocenters. The Bertz CT molecular complexity index is 2350. The summed E-state index contributed by atoms with van der Waals surface area (Å²) in [6, 6.07) is 41.4. The van der Waals surface area contributed by atoms with Crippen LogP contribution in [0, 0.1) is 23.7 Å². The van der Waals surface area contributed by atoms with Crippen LogP contribution >= 0.6 is 11.8 Å². The highest BCUT2D eigenvalue weighted by Gasteiger charge is 2.61. The van der Waals surface area contributed by atoms with Crippen LogP contribution in [0.25, 0.3) is 11.1 Å². The standard InChI is InChI=1S/C56H63NS/c1-52(2)23-25-54(5,6)47-33-41(18-21-43(47)52)57(42-19-22-44-48(34-42)55(7,8)26-24-53(44,3)4)49-16-12-15-46-51(49)58-50-32-38(37-13-10-9-11-14-37)17-20-45(50)56(46)39-28-35-27-36(30-39)31-40(56)29-35/h9-22,32-36,39-40H,23-31H2,1-8H3. The average Bonchev–Trinajstić information content (AvgIpc) is 3.20. The largest absolute Gasteiger partial charge is 0.309 e. The van der Waals surface area contributed by atoms with E-state index in [4.69, 9.17) is 0 Å². The van der Waals surface area contributed by atoms with Crippen molar-refractivity contribution in [1.29, 1.82) is 0 Å². The summed E-state index contributed by atoms with van der Waals surface area (Å²) in [6.07, 6.45) is 11.9. The molecule has 0 unspecified atom stereocenters. The molecule has 298 valence electrons. The van der Waals surface area contributed by atoms with Gasteiger partial charge in [-0.25, -0.2) is 0 Å². The maximum atomic E-state index is 2.71. The van der Waals surface area contributed by atoms with Gasteiger partial charge in [0.2, 0.25) is 0 Å². The second-order valence-corrected chi connectivity index (χ2v) is 23.4. The summed E-state index contributed by atoms with van der Waals surface area (Å²) < 4.78 is 0. The summed E-state index contributed by atoms with van der Waals surface area (Å²) in [5.41, 5.74) is 16.6. The van der Waals surface area contributed by atoms with E-state index in [0.29, 0.717) is 11.8 Å². The smallest absolute Gasteiger partial charge is 0.0604 e. The highest BCUT2D eigenvalue weighted by atomic mass is 32.2. The SMILES string of the molecule is CC1(C)CCC(C)(C)c2cc(N(c3ccc4c(c3)C(C)(C)CCC4(C)C)c3cccc4c3Sc3cc(-c5ccccc5)ccc3C43C4CC5CC(C4)CC3C5)ccc21. The molecule has 58 heavy (non-hydrogen) atoms. The van der Waals surface area contributed by atoms with E-state index in [2.05, 4.69) is 175 Å². The highest BCUT2D eigenvalue weighted by molar-refractivity contribution is 7.99. The zero-order valence-electron chi connectivity index (χ0n) is 36.3. The molecule has 5 aromatic carbocycles. The second-order valence-electron chi connectivity index (χ2n) is 22.3. The molecule has 1 nitrogen and oxygen atoms in total. The van der Waals surface area contributed by atoms with Gasteiger partial charge in [0.15, 0.2) is 0 Å². The van der Waals surface area contributed by atoms with Crippen LogP contribution in [-0.4, -0.2) is 0 Å². The fourth-order valence-corrected chi connectivity index (χ4v) is 15.2. The number of hydrogen-bond donors (Lipinski definition) is 0. The van der Waals surface area contributed by atoms with Gasteiger partial charge in [-0.2, -0.15) is 0 Å². The van der Waals surface area contributed by atoms with E-state index in [0.717, 1.165) is 11.8 Å². The summed E-state index contributed by atoms with van der Waals surface area (Å²) >= 11 is 2.07. The molecule has 1 spiro atoms. The molecule has 12 rings (SSSR count). The fraction of sp³-hybridized carbons (Fsp3) is 0.464. The van der Waals surface area contributed by atoms with Crippen molar-refractivity contribution in [3.05, 3.63) is 137 Å². The minimum atomic E-state index is 0.0595. The topological polar surface area (TPSA) is 3.24 Å². The van der Waals surface area contributed by atoms with E-state index in [9.17, 15) is 0 Å². The molecular weight excluding hydrogens is 719 g/mol. The van der Waals surface area contributed by atoms with Gasteiger partial charge < -0.3 is 4.90 Å². The van der Waals surface area contributed by atoms with E-state index in [1.54, 1.807) is 11.1 Å². The first-order chi connectivity index (χ1) is 27.7. The maximum absolute atomic E-state index is 2.71. The number of benzene rings is 5. The van der Waals surface area contributed by atoms with Crippen LogP contribution in [0.15, 0.2) is 113 Å². The Kier molecular flexibility index (Phi) is 8.12. The molecule has 4 saturated carbocycles. The number of anilines is 3. The Morgan fingerprint density at radius 3 is 1.52 bits per heavy atom. The first-order valence-electron chi connectivity index (χ1n) is 22.8. The lowest BCUT2D eigenvalue weighted by atomic mass is 9.42. The summed E-state index contributed by atoms with van der Waals surface area (Å²) in [6.45, 7) is 19.8. The van der Waals surface area contributed by atoms with Crippen LogP contribution in [0.1, 0.15) is 147 Å². The van der Waals surface area contributed by atoms with Crippen molar-refractivity contribution in [3.8, 4) is 11.1 Å². The molecule has 0 saturated heterocycles. The Balaban J connectivity index is 1.17.